The minimum atomic E-state index is -1.12. The van der Waals surface area contributed by atoms with Crippen LogP contribution in [0.15, 0.2) is 0 Å². The van der Waals surface area contributed by atoms with Gasteiger partial charge in [0.2, 0.25) is 0 Å². The predicted octanol–water partition coefficient (Wildman–Crippen LogP) is 1.83. The van der Waals surface area contributed by atoms with E-state index in [0.29, 0.717) is 19.4 Å². The van der Waals surface area contributed by atoms with Crippen molar-refractivity contribution < 1.29 is 14.7 Å². The minimum absolute atomic E-state index is 0.204. The van der Waals surface area contributed by atoms with Crippen LogP contribution in [0.25, 0.3) is 0 Å². The van der Waals surface area contributed by atoms with Crippen LogP contribution in [0.4, 0.5) is 4.79 Å². The number of hydrogen-bond acceptors (Lipinski definition) is 2. The van der Waals surface area contributed by atoms with E-state index in [1.807, 2.05) is 6.92 Å². The quantitative estimate of drug-likeness (QED) is 0.746. The highest BCUT2D eigenvalue weighted by Gasteiger charge is 2.41. The van der Waals surface area contributed by atoms with E-state index in [9.17, 15) is 14.7 Å². The summed E-state index contributed by atoms with van der Waals surface area (Å²) in [6.07, 6.45) is 9.68. The molecule has 5 heteroatoms. The van der Waals surface area contributed by atoms with Gasteiger partial charge in [0, 0.05) is 6.54 Å². The molecule has 5 nitrogen and oxygen atoms in total. The highest BCUT2D eigenvalue weighted by molar-refractivity contribution is 5.86. The Morgan fingerprint density at radius 3 is 2.47 bits per heavy atom. The van der Waals surface area contributed by atoms with Gasteiger partial charge in [-0.25, -0.2) is 9.59 Å². The van der Waals surface area contributed by atoms with Gasteiger partial charge >= 0.3 is 12.0 Å². The molecule has 0 unspecified atom stereocenters. The molecule has 0 saturated heterocycles. The molecule has 1 rings (SSSR count). The lowest BCUT2D eigenvalue weighted by molar-refractivity contribution is -0.145. The van der Waals surface area contributed by atoms with Crippen LogP contribution in [0, 0.1) is 12.3 Å². The standard InChI is InChI=1S/C14H22N2O3/c1-3-10-16(11-4-2)13(19)15-14(12(17)18)8-6-5-7-9-14/h1H,4-11H2,2H3,(H,15,19)(H,17,18). The maximum absolute atomic E-state index is 12.2. The molecular formula is C14H22N2O3. The molecule has 1 aliphatic carbocycles. The van der Waals surface area contributed by atoms with Crippen molar-refractivity contribution in [3.63, 3.8) is 0 Å². The first-order chi connectivity index (χ1) is 9.05. The second-order valence-corrected chi connectivity index (χ2v) is 5.00. The van der Waals surface area contributed by atoms with Gasteiger partial charge in [0.1, 0.15) is 5.54 Å². The number of nitrogens with one attached hydrogen (secondary N) is 1. The Labute approximate surface area is 114 Å². The Balaban J connectivity index is 2.75. The van der Waals surface area contributed by atoms with Gasteiger partial charge in [0.25, 0.3) is 0 Å². The summed E-state index contributed by atoms with van der Waals surface area (Å²) in [7, 11) is 0. The van der Waals surface area contributed by atoms with E-state index in [2.05, 4.69) is 11.2 Å². The van der Waals surface area contributed by atoms with E-state index in [1.165, 1.54) is 4.90 Å². The van der Waals surface area contributed by atoms with Crippen LogP contribution in [-0.2, 0) is 4.79 Å². The summed E-state index contributed by atoms with van der Waals surface area (Å²) in [5.74, 6) is 1.48. The Bertz CT molecular complexity index is 367. The van der Waals surface area contributed by atoms with Crippen LogP contribution in [0.3, 0.4) is 0 Å². The van der Waals surface area contributed by atoms with E-state index < -0.39 is 11.5 Å². The molecule has 0 spiro atoms. The number of carbonyl (C=O) groups excluding carboxylic acids is 1. The van der Waals surface area contributed by atoms with Gasteiger partial charge in [-0.3, -0.25) is 0 Å². The van der Waals surface area contributed by atoms with Crippen LogP contribution >= 0.6 is 0 Å². The lowest BCUT2D eigenvalue weighted by Gasteiger charge is -2.35. The fourth-order valence-corrected chi connectivity index (χ4v) is 2.46. The Hall–Kier alpha value is -1.70. The largest absolute Gasteiger partial charge is 0.480 e. The molecule has 0 aromatic heterocycles. The highest BCUT2D eigenvalue weighted by Crippen LogP contribution is 2.28. The Morgan fingerprint density at radius 1 is 1.37 bits per heavy atom. The topological polar surface area (TPSA) is 69.6 Å². The fourth-order valence-electron chi connectivity index (χ4n) is 2.46. The summed E-state index contributed by atoms with van der Waals surface area (Å²) in [5.41, 5.74) is -1.12. The molecule has 0 aromatic rings. The third kappa shape index (κ3) is 3.88. The van der Waals surface area contributed by atoms with E-state index >= 15 is 0 Å². The van der Waals surface area contributed by atoms with Crippen LogP contribution in [0.5, 0.6) is 0 Å². The molecule has 0 radical (unpaired) electrons. The van der Waals surface area contributed by atoms with Crippen molar-refractivity contribution >= 4 is 12.0 Å². The molecule has 1 fully saturated rings. The second kappa shape index (κ2) is 7.03. The fraction of sp³-hybridized carbons (Fsp3) is 0.714. The Morgan fingerprint density at radius 2 is 2.00 bits per heavy atom. The van der Waals surface area contributed by atoms with Gasteiger partial charge in [-0.15, -0.1) is 6.42 Å². The number of rotatable bonds is 5. The molecule has 0 aliphatic heterocycles. The van der Waals surface area contributed by atoms with Gasteiger partial charge < -0.3 is 15.3 Å². The van der Waals surface area contributed by atoms with Crippen molar-refractivity contribution in [3.05, 3.63) is 0 Å². The molecule has 0 aromatic carbocycles. The van der Waals surface area contributed by atoms with Crippen molar-refractivity contribution in [2.75, 3.05) is 13.1 Å². The first kappa shape index (κ1) is 15.4. The van der Waals surface area contributed by atoms with Crippen molar-refractivity contribution in [1.29, 1.82) is 0 Å². The van der Waals surface area contributed by atoms with Gasteiger partial charge in [-0.05, 0) is 19.3 Å². The van der Waals surface area contributed by atoms with Crippen molar-refractivity contribution in [2.45, 2.75) is 51.0 Å². The molecule has 1 saturated carbocycles. The van der Waals surface area contributed by atoms with E-state index in [-0.39, 0.29) is 12.6 Å². The number of amides is 2. The zero-order chi connectivity index (χ0) is 14.3. The molecule has 1 aliphatic rings. The molecule has 0 atom stereocenters. The van der Waals surface area contributed by atoms with Crippen LogP contribution in [0.2, 0.25) is 0 Å². The summed E-state index contributed by atoms with van der Waals surface area (Å²) >= 11 is 0. The third-order valence-electron chi connectivity index (χ3n) is 3.53. The SMILES string of the molecule is C#CCN(CCC)C(=O)NC1(C(=O)O)CCCCC1. The molecule has 0 bridgehead atoms. The third-order valence-corrected chi connectivity index (χ3v) is 3.53. The summed E-state index contributed by atoms with van der Waals surface area (Å²) < 4.78 is 0. The molecule has 106 valence electrons. The van der Waals surface area contributed by atoms with E-state index in [4.69, 9.17) is 6.42 Å². The smallest absolute Gasteiger partial charge is 0.329 e. The average molecular weight is 266 g/mol. The monoisotopic (exact) mass is 266 g/mol. The van der Waals surface area contributed by atoms with Gasteiger partial charge in [0.15, 0.2) is 0 Å². The number of carboxylic acids is 1. The molecule has 2 N–H and O–H groups in total. The van der Waals surface area contributed by atoms with Crippen LogP contribution in [0.1, 0.15) is 45.4 Å². The highest BCUT2D eigenvalue weighted by atomic mass is 16.4. The number of hydrogen-bond donors (Lipinski definition) is 2. The van der Waals surface area contributed by atoms with E-state index in [0.717, 1.165) is 25.7 Å². The first-order valence-electron chi connectivity index (χ1n) is 6.79. The number of carboxylic acid groups (broad SMARTS) is 1. The van der Waals surface area contributed by atoms with Crippen LogP contribution < -0.4 is 5.32 Å². The predicted molar refractivity (Wildman–Crippen MR) is 72.7 cm³/mol. The number of aliphatic carboxylic acids is 1. The average Bonchev–Trinajstić information content (AvgIpc) is 2.39. The van der Waals surface area contributed by atoms with Gasteiger partial charge in [0.05, 0.1) is 6.54 Å². The molecule has 2 amide bonds. The molecule has 0 heterocycles. The molecular weight excluding hydrogens is 244 g/mol. The number of carbonyl (C=O) groups is 2. The maximum Gasteiger partial charge on any atom is 0.329 e. The summed E-state index contributed by atoms with van der Waals surface area (Å²) in [5, 5.41) is 12.1. The Kier molecular flexibility index (Phi) is 5.68. The zero-order valence-electron chi connectivity index (χ0n) is 11.4. The number of terminal acetylenes is 1. The summed E-state index contributed by atoms with van der Waals surface area (Å²) in [6, 6.07) is -0.371. The van der Waals surface area contributed by atoms with Gasteiger partial charge in [-0.1, -0.05) is 32.1 Å². The summed E-state index contributed by atoms with van der Waals surface area (Å²) in [4.78, 5) is 25.1. The first-order valence-corrected chi connectivity index (χ1v) is 6.79. The normalized spacial score (nSPS) is 17.3. The lowest BCUT2D eigenvalue weighted by Crippen LogP contribution is -2.58. The van der Waals surface area contributed by atoms with Crippen LogP contribution in [-0.4, -0.2) is 40.6 Å². The molecule has 19 heavy (non-hydrogen) atoms. The second-order valence-electron chi connectivity index (χ2n) is 5.00. The maximum atomic E-state index is 12.2. The number of urea groups is 1. The van der Waals surface area contributed by atoms with E-state index in [1.54, 1.807) is 0 Å². The lowest BCUT2D eigenvalue weighted by atomic mass is 9.82. The van der Waals surface area contributed by atoms with Crippen molar-refractivity contribution in [1.82, 2.24) is 10.2 Å². The minimum Gasteiger partial charge on any atom is -0.480 e. The zero-order valence-corrected chi connectivity index (χ0v) is 11.4. The van der Waals surface area contributed by atoms with Crippen molar-refractivity contribution in [3.8, 4) is 12.3 Å². The van der Waals surface area contributed by atoms with Gasteiger partial charge in [-0.2, -0.15) is 0 Å². The number of nitrogens with zero attached hydrogens (tertiary/aromatic N) is 1. The summed E-state index contributed by atoms with van der Waals surface area (Å²) in [6.45, 7) is 2.69. The van der Waals surface area contributed by atoms with Crippen molar-refractivity contribution in [2.24, 2.45) is 0 Å².